The first-order valence-electron chi connectivity index (χ1n) is 6.08. The summed E-state index contributed by atoms with van der Waals surface area (Å²) in [4.78, 5) is 0.0986. The summed E-state index contributed by atoms with van der Waals surface area (Å²) < 4.78 is 49.6. The van der Waals surface area contributed by atoms with Gasteiger partial charge in [-0.25, -0.2) is 16.8 Å². The molecule has 0 N–H and O–H groups in total. The SMILES string of the molecule is N#Cc1ccc(S(=O)(=O)N2CC3CC2CS3(=O)=O)cc1. The van der Waals surface area contributed by atoms with E-state index in [0.29, 0.717) is 12.0 Å². The topological polar surface area (TPSA) is 95.3 Å². The van der Waals surface area contributed by atoms with Crippen LogP contribution in [0.25, 0.3) is 0 Å². The molecule has 2 aliphatic rings. The fourth-order valence-corrected chi connectivity index (χ4v) is 6.69. The summed E-state index contributed by atoms with van der Waals surface area (Å²) in [5.74, 6) is -0.0901. The molecule has 8 heteroatoms. The van der Waals surface area contributed by atoms with E-state index in [0.717, 1.165) is 0 Å². The molecule has 2 saturated heterocycles. The van der Waals surface area contributed by atoms with Crippen molar-refractivity contribution >= 4 is 19.9 Å². The standard InChI is InChI=1S/C12H12N2O4S2/c13-6-9-1-3-11(4-2-9)20(17,18)14-7-12-5-10(14)8-19(12,15)16/h1-4,10,12H,5,7-8H2. The molecular formula is C12H12N2O4S2. The van der Waals surface area contributed by atoms with E-state index in [9.17, 15) is 16.8 Å². The van der Waals surface area contributed by atoms with Gasteiger partial charge < -0.3 is 0 Å². The molecule has 3 rings (SSSR count). The molecule has 0 amide bonds. The van der Waals surface area contributed by atoms with Crippen molar-refractivity contribution in [3.8, 4) is 6.07 Å². The number of fused-ring (bicyclic) bond motifs is 2. The zero-order chi connectivity index (χ0) is 14.5. The number of rotatable bonds is 2. The van der Waals surface area contributed by atoms with Crippen molar-refractivity contribution in [2.45, 2.75) is 22.6 Å². The molecule has 1 aromatic carbocycles. The Morgan fingerprint density at radius 2 is 1.90 bits per heavy atom. The Morgan fingerprint density at radius 1 is 1.25 bits per heavy atom. The van der Waals surface area contributed by atoms with E-state index in [1.54, 1.807) is 0 Å². The number of hydrogen-bond acceptors (Lipinski definition) is 5. The Balaban J connectivity index is 1.93. The van der Waals surface area contributed by atoms with Gasteiger partial charge in [0, 0.05) is 12.6 Å². The van der Waals surface area contributed by atoms with E-state index in [-0.39, 0.29) is 17.2 Å². The molecule has 2 aliphatic heterocycles. The lowest BCUT2D eigenvalue weighted by atomic mass is 10.2. The van der Waals surface area contributed by atoms with Crippen LogP contribution >= 0.6 is 0 Å². The summed E-state index contributed by atoms with van der Waals surface area (Å²) in [6.45, 7) is 0.0370. The average molecular weight is 312 g/mol. The lowest BCUT2D eigenvalue weighted by molar-refractivity contribution is 0.402. The van der Waals surface area contributed by atoms with Gasteiger partial charge in [0.1, 0.15) is 0 Å². The second-order valence-corrected chi connectivity index (χ2v) is 9.27. The van der Waals surface area contributed by atoms with Crippen LogP contribution in [-0.4, -0.2) is 44.7 Å². The van der Waals surface area contributed by atoms with Crippen LogP contribution in [0, 0.1) is 11.3 Å². The highest BCUT2D eigenvalue weighted by molar-refractivity contribution is 7.93. The Morgan fingerprint density at radius 3 is 2.35 bits per heavy atom. The molecule has 0 aliphatic carbocycles. The molecule has 0 spiro atoms. The summed E-state index contributed by atoms with van der Waals surface area (Å²) in [7, 11) is -6.81. The first-order chi connectivity index (χ1) is 9.34. The molecule has 106 valence electrons. The molecule has 2 fully saturated rings. The van der Waals surface area contributed by atoms with Crippen molar-refractivity contribution < 1.29 is 16.8 Å². The van der Waals surface area contributed by atoms with Crippen molar-refractivity contribution in [2.24, 2.45) is 0 Å². The van der Waals surface area contributed by atoms with E-state index in [1.165, 1.54) is 28.6 Å². The van der Waals surface area contributed by atoms with Gasteiger partial charge in [-0.2, -0.15) is 9.57 Å². The third kappa shape index (κ3) is 1.93. The van der Waals surface area contributed by atoms with E-state index < -0.39 is 31.2 Å². The maximum atomic E-state index is 12.5. The van der Waals surface area contributed by atoms with Crippen LogP contribution in [0.2, 0.25) is 0 Å². The smallest absolute Gasteiger partial charge is 0.228 e. The molecule has 2 unspecified atom stereocenters. The zero-order valence-electron chi connectivity index (χ0n) is 10.4. The van der Waals surface area contributed by atoms with Crippen LogP contribution in [0.15, 0.2) is 29.2 Å². The van der Waals surface area contributed by atoms with E-state index >= 15 is 0 Å². The summed E-state index contributed by atoms with van der Waals surface area (Å²) in [6, 6.07) is 7.12. The summed E-state index contributed by atoms with van der Waals surface area (Å²) in [6.07, 6.45) is 0.387. The summed E-state index contributed by atoms with van der Waals surface area (Å²) in [5, 5.41) is 8.14. The molecule has 20 heavy (non-hydrogen) atoms. The number of benzene rings is 1. The van der Waals surface area contributed by atoms with Gasteiger partial charge >= 0.3 is 0 Å². The van der Waals surface area contributed by atoms with Crippen molar-refractivity contribution in [1.82, 2.24) is 4.31 Å². The van der Waals surface area contributed by atoms with Gasteiger partial charge in [0.15, 0.2) is 9.84 Å². The average Bonchev–Trinajstić information content (AvgIpc) is 2.94. The minimum absolute atomic E-state index is 0.0370. The van der Waals surface area contributed by atoms with Crippen molar-refractivity contribution in [2.75, 3.05) is 12.3 Å². The number of sulfonamides is 1. The highest BCUT2D eigenvalue weighted by Gasteiger charge is 2.52. The number of hydrogen-bond donors (Lipinski definition) is 0. The molecule has 0 aromatic heterocycles. The fraction of sp³-hybridized carbons (Fsp3) is 0.417. The number of sulfone groups is 1. The zero-order valence-corrected chi connectivity index (χ0v) is 12.1. The minimum Gasteiger partial charge on any atom is -0.228 e. The molecule has 0 saturated carbocycles. The van der Waals surface area contributed by atoms with E-state index in [2.05, 4.69) is 0 Å². The third-order valence-electron chi connectivity index (χ3n) is 3.85. The van der Waals surface area contributed by atoms with Gasteiger partial charge in [0.25, 0.3) is 0 Å². The van der Waals surface area contributed by atoms with Crippen LogP contribution in [-0.2, 0) is 19.9 Å². The van der Waals surface area contributed by atoms with Crippen LogP contribution in [0.5, 0.6) is 0 Å². The van der Waals surface area contributed by atoms with Crippen LogP contribution in [0.3, 0.4) is 0 Å². The van der Waals surface area contributed by atoms with Crippen molar-refractivity contribution in [3.05, 3.63) is 29.8 Å². The van der Waals surface area contributed by atoms with Gasteiger partial charge in [0.05, 0.1) is 27.5 Å². The highest BCUT2D eigenvalue weighted by atomic mass is 32.2. The maximum Gasteiger partial charge on any atom is 0.243 e. The monoisotopic (exact) mass is 312 g/mol. The fourth-order valence-electron chi connectivity index (χ4n) is 2.79. The quantitative estimate of drug-likeness (QED) is 0.773. The van der Waals surface area contributed by atoms with Gasteiger partial charge in [0.2, 0.25) is 10.0 Å². The molecule has 1 aromatic rings. The van der Waals surface area contributed by atoms with Gasteiger partial charge in [-0.1, -0.05) is 0 Å². The molecule has 6 nitrogen and oxygen atoms in total. The Kier molecular flexibility index (Phi) is 2.90. The molecule has 2 heterocycles. The Labute approximate surface area is 117 Å². The van der Waals surface area contributed by atoms with Gasteiger partial charge in [-0.05, 0) is 30.7 Å². The molecule has 2 atom stereocenters. The van der Waals surface area contributed by atoms with Gasteiger partial charge in [-0.15, -0.1) is 0 Å². The van der Waals surface area contributed by atoms with E-state index in [1.807, 2.05) is 6.07 Å². The second kappa shape index (κ2) is 4.28. The molecule has 2 bridgehead atoms. The second-order valence-electron chi connectivity index (χ2n) is 5.05. The summed E-state index contributed by atoms with van der Waals surface area (Å²) in [5.41, 5.74) is 0.384. The van der Waals surface area contributed by atoms with E-state index in [4.69, 9.17) is 5.26 Å². The first-order valence-corrected chi connectivity index (χ1v) is 9.24. The number of nitriles is 1. The Hall–Kier alpha value is -1.43. The number of nitrogens with zero attached hydrogens (tertiary/aromatic N) is 2. The van der Waals surface area contributed by atoms with Crippen LogP contribution in [0.4, 0.5) is 0 Å². The predicted molar refractivity (Wildman–Crippen MR) is 71.0 cm³/mol. The lowest BCUT2D eigenvalue weighted by Gasteiger charge is -2.26. The van der Waals surface area contributed by atoms with Crippen LogP contribution < -0.4 is 0 Å². The minimum atomic E-state index is -3.69. The first kappa shape index (κ1) is 13.5. The highest BCUT2D eigenvalue weighted by Crippen LogP contribution is 2.36. The maximum absolute atomic E-state index is 12.5. The lowest BCUT2D eigenvalue weighted by Crippen LogP contribution is -2.43. The third-order valence-corrected chi connectivity index (χ3v) is 7.99. The molecule has 0 radical (unpaired) electrons. The van der Waals surface area contributed by atoms with Crippen molar-refractivity contribution in [1.29, 1.82) is 5.26 Å². The van der Waals surface area contributed by atoms with Gasteiger partial charge in [-0.3, -0.25) is 0 Å². The Bertz CT molecular complexity index is 791. The van der Waals surface area contributed by atoms with Crippen LogP contribution in [0.1, 0.15) is 12.0 Å². The predicted octanol–water partition coefficient (Wildman–Crippen LogP) is 0.118. The largest absolute Gasteiger partial charge is 0.243 e. The summed E-state index contributed by atoms with van der Waals surface area (Å²) >= 11 is 0. The normalized spacial score (nSPS) is 28.4. The van der Waals surface area contributed by atoms with Crippen molar-refractivity contribution in [3.63, 3.8) is 0 Å². The molecular weight excluding hydrogens is 300 g/mol.